The highest BCUT2D eigenvalue weighted by Gasteiger charge is 2.09. The molecule has 15 heavy (non-hydrogen) atoms. The third kappa shape index (κ3) is 7.77. The van der Waals surface area contributed by atoms with E-state index in [0.29, 0.717) is 6.04 Å². The van der Waals surface area contributed by atoms with Crippen molar-refractivity contribution in [2.24, 2.45) is 0 Å². The van der Waals surface area contributed by atoms with Crippen LogP contribution in [0.15, 0.2) is 0 Å². The third-order valence-electron chi connectivity index (χ3n) is 2.81. The van der Waals surface area contributed by atoms with E-state index in [1.807, 2.05) is 0 Å². The molecule has 0 aromatic heterocycles. The molecule has 2 N–H and O–H groups in total. The van der Waals surface area contributed by atoms with Gasteiger partial charge in [0.25, 0.3) is 0 Å². The smallest absolute Gasteiger partial charge is 0.0555 e. The minimum atomic E-state index is 0.240. The van der Waals surface area contributed by atoms with E-state index >= 15 is 0 Å². The number of aliphatic hydroxyl groups is 1. The molecule has 3 nitrogen and oxygen atoms in total. The molecule has 3 heteroatoms. The number of nitrogens with one attached hydrogen (secondary N) is 1. The quantitative estimate of drug-likeness (QED) is 0.543. The molecule has 0 fully saturated rings. The zero-order valence-electron chi connectivity index (χ0n) is 10.6. The third-order valence-corrected chi connectivity index (χ3v) is 2.81. The van der Waals surface area contributed by atoms with Gasteiger partial charge < -0.3 is 15.3 Å². The van der Waals surface area contributed by atoms with Crippen molar-refractivity contribution in [1.29, 1.82) is 0 Å². The van der Waals surface area contributed by atoms with Gasteiger partial charge in [-0.2, -0.15) is 0 Å². The zero-order valence-corrected chi connectivity index (χ0v) is 10.6. The van der Waals surface area contributed by atoms with Crippen LogP contribution in [0, 0.1) is 0 Å². The molecule has 0 heterocycles. The number of rotatable bonds is 10. The molecule has 92 valence electrons. The van der Waals surface area contributed by atoms with Crippen LogP contribution in [0.2, 0.25) is 0 Å². The number of hydrogen-bond acceptors (Lipinski definition) is 3. The van der Waals surface area contributed by atoms with Crippen LogP contribution < -0.4 is 5.32 Å². The van der Waals surface area contributed by atoms with Gasteiger partial charge in [0.05, 0.1) is 6.61 Å². The zero-order chi connectivity index (χ0) is 11.5. The summed E-state index contributed by atoms with van der Waals surface area (Å²) in [5, 5.41) is 11.8. The molecular formula is C12H28N2O. The molecule has 1 atom stereocenters. The van der Waals surface area contributed by atoms with Gasteiger partial charge in [-0.05, 0) is 45.8 Å². The summed E-state index contributed by atoms with van der Waals surface area (Å²) in [6.07, 6.45) is 3.63. The van der Waals surface area contributed by atoms with Gasteiger partial charge in [-0.1, -0.05) is 13.8 Å². The monoisotopic (exact) mass is 216 g/mol. The van der Waals surface area contributed by atoms with Crippen LogP contribution in [0.4, 0.5) is 0 Å². The topological polar surface area (TPSA) is 35.5 Å². The summed E-state index contributed by atoms with van der Waals surface area (Å²) in [5.41, 5.74) is 0. The van der Waals surface area contributed by atoms with Crippen molar-refractivity contribution < 1.29 is 5.11 Å². The van der Waals surface area contributed by atoms with Gasteiger partial charge in [-0.15, -0.1) is 0 Å². The molecule has 0 bridgehead atoms. The lowest BCUT2D eigenvalue weighted by Gasteiger charge is -2.27. The van der Waals surface area contributed by atoms with Gasteiger partial charge in [-0.25, -0.2) is 0 Å². The molecule has 0 aromatic rings. The average Bonchev–Trinajstić information content (AvgIpc) is 2.26. The first-order valence-corrected chi connectivity index (χ1v) is 6.31. The van der Waals surface area contributed by atoms with Crippen molar-refractivity contribution in [1.82, 2.24) is 10.2 Å². The van der Waals surface area contributed by atoms with E-state index in [0.717, 1.165) is 13.1 Å². The Hall–Kier alpha value is -0.120. The highest BCUT2D eigenvalue weighted by Crippen LogP contribution is 2.04. The predicted octanol–water partition coefficient (Wildman–Crippen LogP) is 1.47. The summed E-state index contributed by atoms with van der Waals surface area (Å²) in [6, 6.07) is 0.697. The fourth-order valence-electron chi connectivity index (χ4n) is 1.71. The fourth-order valence-corrected chi connectivity index (χ4v) is 1.71. The van der Waals surface area contributed by atoms with Gasteiger partial charge in [0.1, 0.15) is 0 Å². The molecule has 0 aliphatic carbocycles. The standard InChI is InChI=1S/C12H28N2O/c1-4-9-14(12(3)5-2)10-6-7-13-8-11-15/h12-13,15H,4-11H2,1-3H3. The van der Waals surface area contributed by atoms with Crippen LogP contribution >= 0.6 is 0 Å². The molecule has 0 saturated carbocycles. The lowest BCUT2D eigenvalue weighted by atomic mass is 10.2. The molecule has 0 rings (SSSR count). The summed E-state index contributed by atoms with van der Waals surface area (Å²) in [7, 11) is 0. The summed E-state index contributed by atoms with van der Waals surface area (Å²) in [6.45, 7) is 11.1. The van der Waals surface area contributed by atoms with Crippen LogP contribution in [-0.4, -0.2) is 48.8 Å². The summed E-state index contributed by atoms with van der Waals surface area (Å²) >= 11 is 0. The van der Waals surface area contributed by atoms with Crippen molar-refractivity contribution in [3.8, 4) is 0 Å². The van der Waals surface area contributed by atoms with Crippen LogP contribution in [0.1, 0.15) is 40.0 Å². The summed E-state index contributed by atoms with van der Waals surface area (Å²) in [5.74, 6) is 0. The van der Waals surface area contributed by atoms with Crippen molar-refractivity contribution in [2.75, 3.05) is 32.8 Å². The first kappa shape index (κ1) is 14.9. The predicted molar refractivity (Wildman–Crippen MR) is 66.2 cm³/mol. The van der Waals surface area contributed by atoms with Crippen molar-refractivity contribution in [3.05, 3.63) is 0 Å². The average molecular weight is 216 g/mol. The van der Waals surface area contributed by atoms with Crippen LogP contribution in [0.25, 0.3) is 0 Å². The number of aliphatic hydroxyl groups excluding tert-OH is 1. The van der Waals surface area contributed by atoms with Crippen molar-refractivity contribution >= 4 is 0 Å². The van der Waals surface area contributed by atoms with E-state index in [9.17, 15) is 0 Å². The Bertz CT molecular complexity index is 131. The highest BCUT2D eigenvalue weighted by molar-refractivity contribution is 4.65. The first-order chi connectivity index (χ1) is 7.26. The van der Waals surface area contributed by atoms with Crippen molar-refractivity contribution in [2.45, 2.75) is 46.1 Å². The van der Waals surface area contributed by atoms with Crippen LogP contribution in [0.5, 0.6) is 0 Å². The fraction of sp³-hybridized carbons (Fsp3) is 1.00. The maximum Gasteiger partial charge on any atom is 0.0555 e. The minimum Gasteiger partial charge on any atom is -0.395 e. The Balaban J connectivity index is 3.56. The normalized spacial score (nSPS) is 13.4. The first-order valence-electron chi connectivity index (χ1n) is 6.31. The highest BCUT2D eigenvalue weighted by atomic mass is 16.3. The second-order valence-electron chi connectivity index (χ2n) is 4.12. The Kier molecular flexibility index (Phi) is 10.3. The molecule has 0 amide bonds. The number of nitrogens with zero attached hydrogens (tertiary/aromatic N) is 1. The van der Waals surface area contributed by atoms with E-state index in [1.165, 1.54) is 32.4 Å². The van der Waals surface area contributed by atoms with Gasteiger partial charge in [-0.3, -0.25) is 0 Å². The van der Waals surface area contributed by atoms with Crippen LogP contribution in [0.3, 0.4) is 0 Å². The second kappa shape index (κ2) is 10.4. The Morgan fingerprint density at radius 3 is 2.47 bits per heavy atom. The molecule has 0 spiro atoms. The molecule has 0 aliphatic rings. The van der Waals surface area contributed by atoms with E-state index in [1.54, 1.807) is 0 Å². The summed E-state index contributed by atoms with van der Waals surface area (Å²) in [4.78, 5) is 2.56. The van der Waals surface area contributed by atoms with Crippen molar-refractivity contribution in [3.63, 3.8) is 0 Å². The molecule has 1 unspecified atom stereocenters. The largest absolute Gasteiger partial charge is 0.395 e. The van der Waals surface area contributed by atoms with E-state index < -0.39 is 0 Å². The summed E-state index contributed by atoms with van der Waals surface area (Å²) < 4.78 is 0. The lowest BCUT2D eigenvalue weighted by molar-refractivity contribution is 0.200. The molecule has 0 aromatic carbocycles. The molecule has 0 radical (unpaired) electrons. The Morgan fingerprint density at radius 2 is 1.93 bits per heavy atom. The number of hydrogen-bond donors (Lipinski definition) is 2. The van der Waals surface area contributed by atoms with E-state index in [2.05, 4.69) is 31.0 Å². The Labute approximate surface area is 94.9 Å². The maximum absolute atomic E-state index is 8.61. The van der Waals surface area contributed by atoms with Gasteiger partial charge >= 0.3 is 0 Å². The van der Waals surface area contributed by atoms with Gasteiger partial charge in [0.15, 0.2) is 0 Å². The lowest BCUT2D eigenvalue weighted by Crippen LogP contribution is -2.35. The SMILES string of the molecule is CCCN(CCCNCCO)C(C)CC. The van der Waals surface area contributed by atoms with E-state index in [-0.39, 0.29) is 6.61 Å². The molecule has 0 aliphatic heterocycles. The van der Waals surface area contributed by atoms with Gasteiger partial charge in [0.2, 0.25) is 0 Å². The van der Waals surface area contributed by atoms with Gasteiger partial charge in [0, 0.05) is 12.6 Å². The van der Waals surface area contributed by atoms with E-state index in [4.69, 9.17) is 5.11 Å². The molecule has 0 saturated heterocycles. The van der Waals surface area contributed by atoms with Crippen LogP contribution in [-0.2, 0) is 0 Å². The second-order valence-corrected chi connectivity index (χ2v) is 4.12. The molecular weight excluding hydrogens is 188 g/mol. The Morgan fingerprint density at radius 1 is 1.20 bits per heavy atom. The minimum absolute atomic E-state index is 0.240. The maximum atomic E-state index is 8.61.